The van der Waals surface area contributed by atoms with Crippen LogP contribution in [-0.2, 0) is 6.42 Å². The zero-order chi connectivity index (χ0) is 15.0. The number of rotatable bonds is 3. The molecule has 0 nitrogen and oxygen atoms in total. The highest BCUT2D eigenvalue weighted by Gasteiger charge is 2.45. The normalized spacial score (nSPS) is 30.3. The van der Waals surface area contributed by atoms with Crippen molar-refractivity contribution in [1.29, 1.82) is 0 Å². The Kier molecular flexibility index (Phi) is 3.99. The minimum Gasteiger partial charge on any atom is -0.103 e. The molecule has 0 radical (unpaired) electrons. The van der Waals surface area contributed by atoms with Gasteiger partial charge in [-0.15, -0.1) is 6.58 Å². The van der Waals surface area contributed by atoms with Crippen LogP contribution >= 0.6 is 0 Å². The molecule has 0 N–H and O–H groups in total. The van der Waals surface area contributed by atoms with Gasteiger partial charge in [0, 0.05) is 0 Å². The van der Waals surface area contributed by atoms with Crippen LogP contribution < -0.4 is 0 Å². The third kappa shape index (κ3) is 2.70. The van der Waals surface area contributed by atoms with Crippen LogP contribution in [0.4, 0.5) is 0 Å². The van der Waals surface area contributed by atoms with E-state index in [0.717, 1.165) is 17.8 Å². The van der Waals surface area contributed by atoms with Crippen molar-refractivity contribution in [1.82, 2.24) is 0 Å². The van der Waals surface area contributed by atoms with Crippen molar-refractivity contribution in [3.63, 3.8) is 0 Å². The highest BCUT2D eigenvalue weighted by Crippen LogP contribution is 2.55. The van der Waals surface area contributed by atoms with Gasteiger partial charge in [0.15, 0.2) is 0 Å². The molecule has 0 bridgehead atoms. The number of aryl methyl sites for hydroxylation is 2. The lowest BCUT2D eigenvalue weighted by Gasteiger charge is -2.51. The first-order valence-corrected chi connectivity index (χ1v) is 8.73. The van der Waals surface area contributed by atoms with Crippen molar-refractivity contribution in [3.05, 3.63) is 47.5 Å². The van der Waals surface area contributed by atoms with Crippen LogP contribution in [-0.4, -0.2) is 0 Å². The van der Waals surface area contributed by atoms with Gasteiger partial charge < -0.3 is 0 Å². The fourth-order valence-electron chi connectivity index (χ4n) is 5.11. The Morgan fingerprint density at radius 3 is 2.86 bits per heavy atom. The molecule has 0 saturated heterocycles. The van der Waals surface area contributed by atoms with E-state index in [-0.39, 0.29) is 0 Å². The third-order valence-corrected chi connectivity index (χ3v) is 6.26. The molecule has 3 rings (SSSR count). The van der Waals surface area contributed by atoms with E-state index >= 15 is 0 Å². The molecule has 1 aromatic carbocycles. The summed E-state index contributed by atoms with van der Waals surface area (Å²) >= 11 is 0. The maximum atomic E-state index is 3.94. The number of hydrogen-bond acceptors (Lipinski definition) is 0. The minimum absolute atomic E-state index is 0.506. The molecule has 0 aliphatic heterocycles. The zero-order valence-electron chi connectivity index (χ0n) is 14.0. The average molecular weight is 282 g/mol. The van der Waals surface area contributed by atoms with Crippen LogP contribution in [0, 0.1) is 24.2 Å². The van der Waals surface area contributed by atoms with E-state index in [1.807, 2.05) is 0 Å². The summed E-state index contributed by atoms with van der Waals surface area (Å²) in [5.41, 5.74) is 5.24. The molecule has 0 amide bonds. The van der Waals surface area contributed by atoms with Crippen LogP contribution in [0.3, 0.4) is 0 Å². The molecule has 3 atom stereocenters. The summed E-state index contributed by atoms with van der Waals surface area (Å²) < 4.78 is 0. The quantitative estimate of drug-likeness (QED) is 0.592. The van der Waals surface area contributed by atoms with Gasteiger partial charge in [-0.05, 0) is 79.7 Å². The summed E-state index contributed by atoms with van der Waals surface area (Å²) in [5.74, 6) is 2.57. The second-order valence-electron chi connectivity index (χ2n) is 8.01. The van der Waals surface area contributed by atoms with Gasteiger partial charge in [0.05, 0.1) is 0 Å². The lowest BCUT2D eigenvalue weighted by Crippen LogP contribution is -2.41. The van der Waals surface area contributed by atoms with Crippen molar-refractivity contribution in [3.8, 4) is 0 Å². The molecule has 1 fully saturated rings. The molecule has 0 aromatic heterocycles. The second kappa shape index (κ2) is 5.63. The summed E-state index contributed by atoms with van der Waals surface area (Å²) in [7, 11) is 0. The Morgan fingerprint density at radius 2 is 2.10 bits per heavy atom. The van der Waals surface area contributed by atoms with Crippen LogP contribution in [0.25, 0.3) is 0 Å². The predicted octanol–water partition coefficient (Wildman–Crippen LogP) is 6.04. The molecule has 1 aromatic rings. The Morgan fingerprint density at radius 1 is 1.29 bits per heavy atom. The molecule has 0 heteroatoms. The summed E-state index contributed by atoms with van der Waals surface area (Å²) in [6, 6.07) is 7.19. The molecule has 3 unspecified atom stereocenters. The highest BCUT2D eigenvalue weighted by atomic mass is 14.5. The first kappa shape index (κ1) is 14.9. The Hall–Kier alpha value is -1.04. The van der Waals surface area contributed by atoms with Crippen molar-refractivity contribution in [2.24, 2.45) is 17.3 Å². The molecule has 21 heavy (non-hydrogen) atoms. The van der Waals surface area contributed by atoms with Crippen molar-refractivity contribution < 1.29 is 0 Å². The van der Waals surface area contributed by atoms with E-state index in [4.69, 9.17) is 0 Å². The maximum absolute atomic E-state index is 3.94. The van der Waals surface area contributed by atoms with Gasteiger partial charge in [-0.2, -0.15) is 0 Å². The van der Waals surface area contributed by atoms with Gasteiger partial charge in [-0.1, -0.05) is 43.7 Å². The first-order chi connectivity index (χ1) is 10.0. The third-order valence-electron chi connectivity index (χ3n) is 6.26. The number of fused-ring (bicyclic) bond motifs is 3. The standard InChI is InChI=1S/C21H30/c1-5-6-7-20-19-11-9-16-14-15(2)8-10-17(16)18(19)12-13-21(20,3)4/h5,8,10,14,18-20H,1,6-7,9,11-13H2,2-4H3. The van der Waals surface area contributed by atoms with Gasteiger partial charge >= 0.3 is 0 Å². The fraction of sp³-hybridized carbons (Fsp3) is 0.619. The molecule has 2 aliphatic carbocycles. The highest BCUT2D eigenvalue weighted by molar-refractivity contribution is 5.37. The Balaban J connectivity index is 1.91. The molecular weight excluding hydrogens is 252 g/mol. The summed E-state index contributed by atoms with van der Waals surface area (Å²) in [6.45, 7) is 11.2. The maximum Gasteiger partial charge on any atom is -0.0128 e. The molecule has 0 spiro atoms. The predicted molar refractivity (Wildman–Crippen MR) is 91.7 cm³/mol. The summed E-state index contributed by atoms with van der Waals surface area (Å²) in [4.78, 5) is 0. The Bertz CT molecular complexity index is 523. The summed E-state index contributed by atoms with van der Waals surface area (Å²) in [5, 5.41) is 0. The number of hydrogen-bond donors (Lipinski definition) is 0. The topological polar surface area (TPSA) is 0 Å². The van der Waals surface area contributed by atoms with Crippen molar-refractivity contribution >= 4 is 0 Å². The summed E-state index contributed by atoms with van der Waals surface area (Å²) in [6.07, 6.45) is 10.1. The number of benzene rings is 1. The smallest absolute Gasteiger partial charge is 0.0128 e. The van der Waals surface area contributed by atoms with Crippen LogP contribution in [0.15, 0.2) is 30.9 Å². The van der Waals surface area contributed by atoms with E-state index in [1.165, 1.54) is 44.1 Å². The van der Waals surface area contributed by atoms with Crippen molar-refractivity contribution in [2.75, 3.05) is 0 Å². The van der Waals surface area contributed by atoms with Gasteiger partial charge in [0.2, 0.25) is 0 Å². The van der Waals surface area contributed by atoms with E-state index < -0.39 is 0 Å². The van der Waals surface area contributed by atoms with Crippen LogP contribution in [0.2, 0.25) is 0 Å². The lowest BCUT2D eigenvalue weighted by molar-refractivity contribution is 0.0407. The van der Waals surface area contributed by atoms with Gasteiger partial charge in [0.1, 0.15) is 0 Å². The van der Waals surface area contributed by atoms with Crippen molar-refractivity contribution in [2.45, 2.75) is 65.2 Å². The van der Waals surface area contributed by atoms with Crippen LogP contribution in [0.5, 0.6) is 0 Å². The fourth-order valence-corrected chi connectivity index (χ4v) is 5.11. The number of allylic oxidation sites excluding steroid dienone is 1. The van der Waals surface area contributed by atoms with Gasteiger partial charge in [0.25, 0.3) is 0 Å². The SMILES string of the molecule is C=CCCC1C2CCc3cc(C)ccc3C2CCC1(C)C. The molecular formula is C21H30. The Labute approximate surface area is 130 Å². The van der Waals surface area contributed by atoms with Crippen LogP contribution in [0.1, 0.15) is 68.6 Å². The first-order valence-electron chi connectivity index (χ1n) is 8.73. The zero-order valence-corrected chi connectivity index (χ0v) is 14.0. The van der Waals surface area contributed by atoms with E-state index in [0.29, 0.717) is 5.41 Å². The van der Waals surface area contributed by atoms with Gasteiger partial charge in [-0.25, -0.2) is 0 Å². The molecule has 2 aliphatic rings. The largest absolute Gasteiger partial charge is 0.103 e. The lowest BCUT2D eigenvalue weighted by atomic mass is 9.54. The van der Waals surface area contributed by atoms with E-state index in [2.05, 4.69) is 51.6 Å². The average Bonchev–Trinajstić information content (AvgIpc) is 2.45. The van der Waals surface area contributed by atoms with Gasteiger partial charge in [-0.3, -0.25) is 0 Å². The van der Waals surface area contributed by atoms with E-state index in [1.54, 1.807) is 11.1 Å². The van der Waals surface area contributed by atoms with E-state index in [9.17, 15) is 0 Å². The molecule has 114 valence electrons. The molecule has 1 saturated carbocycles. The second-order valence-corrected chi connectivity index (χ2v) is 8.01. The molecule has 0 heterocycles. The minimum atomic E-state index is 0.506. The monoisotopic (exact) mass is 282 g/mol.